The van der Waals surface area contributed by atoms with Gasteiger partial charge in [0.25, 0.3) is 0 Å². The molecule has 158 valence electrons. The highest BCUT2D eigenvalue weighted by molar-refractivity contribution is 7.21. The molecule has 2 aromatic heterocycles. The Bertz CT molecular complexity index is 1140. The predicted molar refractivity (Wildman–Crippen MR) is 126 cm³/mol. The fourth-order valence-corrected chi connectivity index (χ4v) is 4.92. The van der Waals surface area contributed by atoms with Crippen LogP contribution in [0.15, 0.2) is 42.6 Å². The number of ether oxygens (including phenoxy) is 1. The molecule has 0 bridgehead atoms. The lowest BCUT2D eigenvalue weighted by molar-refractivity contribution is 0.123. The smallest absolute Gasteiger partial charge is 0.325 e. The number of aromatic nitrogens is 1. The van der Waals surface area contributed by atoms with Crippen molar-refractivity contribution in [2.75, 3.05) is 41.8 Å². The van der Waals surface area contributed by atoms with Crippen molar-refractivity contribution in [2.45, 2.75) is 0 Å². The van der Waals surface area contributed by atoms with E-state index in [2.05, 4.69) is 25.4 Å². The molecule has 3 aromatic rings. The number of hydrogen-bond acceptors (Lipinski definition) is 5. The number of carbonyl (C=O) groups excluding carboxylic acids is 1. The van der Waals surface area contributed by atoms with E-state index in [9.17, 15) is 4.79 Å². The minimum atomic E-state index is -0.462. The first-order chi connectivity index (χ1) is 15.1. The second-order valence-electron chi connectivity index (χ2n) is 6.59. The molecule has 0 saturated carbocycles. The molecular formula is C21H17Cl2N5O2S. The topological polar surface area (TPSA) is 70.8 Å². The van der Waals surface area contributed by atoms with E-state index in [0.717, 1.165) is 5.00 Å². The number of benzene rings is 1. The zero-order valence-corrected chi connectivity index (χ0v) is 18.5. The number of urea groups is 1. The summed E-state index contributed by atoms with van der Waals surface area (Å²) < 4.78 is 5.44. The van der Waals surface area contributed by atoms with Gasteiger partial charge >= 0.3 is 6.03 Å². The minimum absolute atomic E-state index is 0.400. The Morgan fingerprint density at radius 1 is 1.19 bits per heavy atom. The van der Waals surface area contributed by atoms with Crippen LogP contribution in [0.25, 0.3) is 16.0 Å². The maximum atomic E-state index is 12.7. The average molecular weight is 474 g/mol. The predicted octanol–water partition coefficient (Wildman–Crippen LogP) is 6.15. The van der Waals surface area contributed by atoms with Crippen LogP contribution in [0.5, 0.6) is 0 Å². The number of thiophene rings is 1. The largest absolute Gasteiger partial charge is 0.378 e. The van der Waals surface area contributed by atoms with Crippen molar-refractivity contribution < 1.29 is 9.53 Å². The van der Waals surface area contributed by atoms with E-state index in [1.807, 2.05) is 0 Å². The van der Waals surface area contributed by atoms with Crippen LogP contribution in [-0.4, -0.2) is 37.3 Å². The second kappa shape index (κ2) is 9.54. The third-order valence-corrected chi connectivity index (χ3v) is 6.31. The van der Waals surface area contributed by atoms with E-state index in [1.165, 1.54) is 11.3 Å². The number of pyridine rings is 1. The van der Waals surface area contributed by atoms with E-state index in [0.29, 0.717) is 64.0 Å². The SMILES string of the molecule is [C-]#[N+]c1c(N2CCOCC2)sc(NC(=O)Nc2ccccn2)c1-c1ccc(Cl)cc1Cl. The third-order valence-electron chi connectivity index (χ3n) is 4.61. The van der Waals surface area contributed by atoms with E-state index >= 15 is 0 Å². The molecule has 1 aliphatic heterocycles. The Hall–Kier alpha value is -2.83. The Morgan fingerprint density at radius 3 is 2.68 bits per heavy atom. The fraction of sp³-hybridized carbons (Fsp3) is 0.190. The molecule has 1 saturated heterocycles. The Labute approximate surface area is 193 Å². The molecular weight excluding hydrogens is 457 g/mol. The number of nitrogens with zero attached hydrogens (tertiary/aromatic N) is 3. The summed E-state index contributed by atoms with van der Waals surface area (Å²) in [5.41, 5.74) is 1.63. The number of hydrogen-bond donors (Lipinski definition) is 2. The monoisotopic (exact) mass is 473 g/mol. The Morgan fingerprint density at radius 2 is 2.00 bits per heavy atom. The fourth-order valence-electron chi connectivity index (χ4n) is 3.21. The molecule has 0 spiro atoms. The van der Waals surface area contributed by atoms with Crippen molar-refractivity contribution in [3.8, 4) is 11.1 Å². The molecule has 3 heterocycles. The van der Waals surface area contributed by atoms with Crippen LogP contribution < -0.4 is 15.5 Å². The Balaban J connectivity index is 1.76. The molecule has 31 heavy (non-hydrogen) atoms. The molecule has 1 fully saturated rings. The number of nitrogens with one attached hydrogen (secondary N) is 2. The van der Waals surface area contributed by atoms with Crippen molar-refractivity contribution >= 4 is 62.1 Å². The zero-order chi connectivity index (χ0) is 21.8. The lowest BCUT2D eigenvalue weighted by Crippen LogP contribution is -2.35. The molecule has 2 amide bonds. The van der Waals surface area contributed by atoms with E-state index in [4.69, 9.17) is 34.5 Å². The van der Waals surface area contributed by atoms with Crippen molar-refractivity contribution in [3.63, 3.8) is 0 Å². The van der Waals surface area contributed by atoms with Gasteiger partial charge in [0.05, 0.1) is 29.8 Å². The summed E-state index contributed by atoms with van der Waals surface area (Å²) in [5, 5.41) is 7.75. The van der Waals surface area contributed by atoms with Crippen molar-refractivity contribution in [2.24, 2.45) is 0 Å². The van der Waals surface area contributed by atoms with Gasteiger partial charge in [0.2, 0.25) is 5.69 Å². The van der Waals surface area contributed by atoms with Crippen LogP contribution in [0.2, 0.25) is 10.0 Å². The summed E-state index contributed by atoms with van der Waals surface area (Å²) >= 11 is 13.9. The molecule has 2 N–H and O–H groups in total. The Kier molecular flexibility index (Phi) is 6.59. The van der Waals surface area contributed by atoms with Gasteiger partial charge < -0.3 is 9.64 Å². The summed E-state index contributed by atoms with van der Waals surface area (Å²) in [6, 6.07) is 9.85. The first-order valence-corrected chi connectivity index (χ1v) is 11.0. The third kappa shape index (κ3) is 4.75. The van der Waals surface area contributed by atoms with Gasteiger partial charge in [0.15, 0.2) is 0 Å². The second-order valence-corrected chi connectivity index (χ2v) is 8.43. The molecule has 10 heteroatoms. The van der Waals surface area contributed by atoms with Gasteiger partial charge in [-0.25, -0.2) is 14.6 Å². The van der Waals surface area contributed by atoms with E-state index in [-0.39, 0.29) is 0 Å². The van der Waals surface area contributed by atoms with Gasteiger partial charge in [-0.3, -0.25) is 10.6 Å². The summed E-state index contributed by atoms with van der Waals surface area (Å²) in [6.45, 7) is 10.3. The van der Waals surface area contributed by atoms with Crippen LogP contribution in [0.1, 0.15) is 0 Å². The van der Waals surface area contributed by atoms with Gasteiger partial charge in [0.1, 0.15) is 5.82 Å². The van der Waals surface area contributed by atoms with Gasteiger partial charge in [-0.2, -0.15) is 0 Å². The van der Waals surface area contributed by atoms with Crippen molar-refractivity contribution in [1.29, 1.82) is 0 Å². The van der Waals surface area contributed by atoms with Gasteiger partial charge in [0, 0.05) is 34.9 Å². The highest BCUT2D eigenvalue weighted by Gasteiger charge is 2.27. The first-order valence-electron chi connectivity index (χ1n) is 9.38. The lowest BCUT2D eigenvalue weighted by atomic mass is 10.1. The molecule has 0 atom stereocenters. The van der Waals surface area contributed by atoms with Crippen LogP contribution in [0, 0.1) is 6.57 Å². The van der Waals surface area contributed by atoms with Crippen LogP contribution >= 0.6 is 34.5 Å². The van der Waals surface area contributed by atoms with E-state index < -0.39 is 6.03 Å². The summed E-state index contributed by atoms with van der Waals surface area (Å²) in [7, 11) is 0. The number of amides is 2. The van der Waals surface area contributed by atoms with Gasteiger partial charge in [-0.1, -0.05) is 35.3 Å². The molecule has 0 unspecified atom stereocenters. The average Bonchev–Trinajstić information content (AvgIpc) is 3.13. The van der Waals surface area contributed by atoms with Crippen molar-refractivity contribution in [3.05, 3.63) is 64.1 Å². The lowest BCUT2D eigenvalue weighted by Gasteiger charge is -2.28. The highest BCUT2D eigenvalue weighted by Crippen LogP contribution is 2.53. The summed E-state index contributed by atoms with van der Waals surface area (Å²) in [5.74, 6) is 0.418. The molecule has 1 aliphatic rings. The standard InChI is InChI=1S/C21H17Cl2N5O2S/c1-24-18-17(14-6-5-13(22)12-15(14)23)19(31-20(18)28-8-10-30-11-9-28)27-21(29)26-16-4-2-3-7-25-16/h2-7,12H,8-11H2,(H2,25,26,27,29). The number of halogens is 2. The molecule has 0 radical (unpaired) electrons. The number of morpholine rings is 1. The molecule has 4 rings (SSSR count). The van der Waals surface area contributed by atoms with Crippen LogP contribution in [-0.2, 0) is 4.74 Å². The van der Waals surface area contributed by atoms with Crippen molar-refractivity contribution in [1.82, 2.24) is 4.98 Å². The van der Waals surface area contributed by atoms with Gasteiger partial charge in [-0.05, 0) is 29.8 Å². The minimum Gasteiger partial charge on any atom is -0.378 e. The summed E-state index contributed by atoms with van der Waals surface area (Å²) in [6.07, 6.45) is 1.59. The maximum Gasteiger partial charge on any atom is 0.325 e. The van der Waals surface area contributed by atoms with Crippen LogP contribution in [0.4, 0.5) is 26.3 Å². The zero-order valence-electron chi connectivity index (χ0n) is 16.2. The number of carbonyl (C=O) groups is 1. The molecule has 7 nitrogen and oxygen atoms in total. The molecule has 0 aliphatic carbocycles. The maximum absolute atomic E-state index is 12.7. The highest BCUT2D eigenvalue weighted by atomic mass is 35.5. The van der Waals surface area contributed by atoms with Gasteiger partial charge in [-0.15, -0.1) is 11.3 Å². The van der Waals surface area contributed by atoms with Crippen LogP contribution in [0.3, 0.4) is 0 Å². The number of anilines is 3. The quantitative estimate of drug-likeness (QED) is 0.445. The van der Waals surface area contributed by atoms with E-state index in [1.54, 1.807) is 42.6 Å². The number of rotatable bonds is 4. The first kappa shape index (κ1) is 21.4. The molecule has 1 aromatic carbocycles. The normalized spacial score (nSPS) is 13.5. The summed E-state index contributed by atoms with van der Waals surface area (Å²) in [4.78, 5) is 22.7.